The number of aryl methyl sites for hydroxylation is 1. The third-order valence-corrected chi connectivity index (χ3v) is 3.59. The molecule has 0 aromatic carbocycles. The molecule has 0 aliphatic carbocycles. The molecule has 0 aliphatic rings. The summed E-state index contributed by atoms with van der Waals surface area (Å²) in [6.45, 7) is 3.41. The zero-order chi connectivity index (χ0) is 12.3. The lowest BCUT2D eigenvalue weighted by atomic mass is 10.2. The molecular weight excluding hydrogens is 232 g/mol. The number of furan rings is 1. The zero-order valence-corrected chi connectivity index (χ0v) is 11.0. The van der Waals surface area contributed by atoms with E-state index < -0.39 is 0 Å². The van der Waals surface area contributed by atoms with Crippen LogP contribution in [0.5, 0.6) is 0 Å². The molecule has 2 aromatic heterocycles. The maximum atomic E-state index is 5.84. The van der Waals surface area contributed by atoms with Gasteiger partial charge in [-0.3, -0.25) is 4.90 Å². The van der Waals surface area contributed by atoms with Gasteiger partial charge in [0.1, 0.15) is 11.5 Å². The van der Waals surface area contributed by atoms with Gasteiger partial charge in [-0.25, -0.2) is 0 Å². The highest BCUT2D eigenvalue weighted by Crippen LogP contribution is 2.22. The predicted octanol–water partition coefficient (Wildman–Crippen LogP) is 2.78. The van der Waals surface area contributed by atoms with Crippen LogP contribution in [0.15, 0.2) is 33.4 Å². The third kappa shape index (κ3) is 2.97. The maximum Gasteiger partial charge on any atom is 0.122 e. The molecule has 0 saturated heterocycles. The smallest absolute Gasteiger partial charge is 0.122 e. The Morgan fingerprint density at radius 1 is 1.41 bits per heavy atom. The molecule has 0 amide bonds. The Morgan fingerprint density at radius 2 is 2.24 bits per heavy atom. The molecule has 0 bridgehead atoms. The third-order valence-electron chi connectivity index (χ3n) is 2.86. The van der Waals surface area contributed by atoms with Crippen LogP contribution in [0.4, 0.5) is 0 Å². The molecule has 0 fully saturated rings. The minimum Gasteiger partial charge on any atom is -0.465 e. The van der Waals surface area contributed by atoms with E-state index in [4.69, 9.17) is 10.2 Å². The lowest BCUT2D eigenvalue weighted by molar-refractivity contribution is 0.211. The van der Waals surface area contributed by atoms with E-state index in [0.29, 0.717) is 6.54 Å². The van der Waals surface area contributed by atoms with Gasteiger partial charge in [0, 0.05) is 13.1 Å². The Hall–Kier alpha value is -1.10. The quantitative estimate of drug-likeness (QED) is 0.887. The van der Waals surface area contributed by atoms with Crippen LogP contribution < -0.4 is 5.73 Å². The van der Waals surface area contributed by atoms with Crippen LogP contribution in [0.3, 0.4) is 0 Å². The summed E-state index contributed by atoms with van der Waals surface area (Å²) in [6.07, 6.45) is 0. The second-order valence-electron chi connectivity index (χ2n) is 4.25. The number of nitrogens with two attached hydrogens (primary N) is 1. The topological polar surface area (TPSA) is 42.4 Å². The molecule has 3 nitrogen and oxygen atoms in total. The molecule has 2 aromatic rings. The van der Waals surface area contributed by atoms with E-state index in [1.807, 2.05) is 19.1 Å². The van der Waals surface area contributed by atoms with Crippen molar-refractivity contribution in [3.05, 3.63) is 46.0 Å². The molecule has 1 atom stereocenters. The minimum absolute atomic E-state index is 0.142. The van der Waals surface area contributed by atoms with Crippen molar-refractivity contribution in [2.24, 2.45) is 5.73 Å². The van der Waals surface area contributed by atoms with E-state index in [1.54, 1.807) is 11.3 Å². The van der Waals surface area contributed by atoms with E-state index in [1.165, 1.54) is 5.56 Å². The highest BCUT2D eigenvalue weighted by molar-refractivity contribution is 7.07. The molecule has 0 saturated carbocycles. The van der Waals surface area contributed by atoms with Crippen molar-refractivity contribution in [3.8, 4) is 0 Å². The lowest BCUT2D eigenvalue weighted by Crippen LogP contribution is -2.29. The van der Waals surface area contributed by atoms with Gasteiger partial charge in [0.2, 0.25) is 0 Å². The van der Waals surface area contributed by atoms with Crippen LogP contribution in [-0.2, 0) is 6.54 Å². The summed E-state index contributed by atoms with van der Waals surface area (Å²) in [4.78, 5) is 2.22. The van der Waals surface area contributed by atoms with E-state index in [-0.39, 0.29) is 6.04 Å². The molecule has 17 heavy (non-hydrogen) atoms. The predicted molar refractivity (Wildman–Crippen MR) is 71.0 cm³/mol. The normalized spacial score (nSPS) is 13.2. The van der Waals surface area contributed by atoms with Gasteiger partial charge in [-0.15, -0.1) is 0 Å². The maximum absolute atomic E-state index is 5.84. The first kappa shape index (κ1) is 12.4. The van der Waals surface area contributed by atoms with Gasteiger partial charge in [0.05, 0.1) is 6.04 Å². The van der Waals surface area contributed by atoms with E-state index in [2.05, 4.69) is 28.8 Å². The minimum atomic E-state index is 0.142. The van der Waals surface area contributed by atoms with Crippen molar-refractivity contribution in [3.63, 3.8) is 0 Å². The van der Waals surface area contributed by atoms with Gasteiger partial charge in [0.25, 0.3) is 0 Å². The largest absolute Gasteiger partial charge is 0.465 e. The molecule has 0 spiro atoms. The van der Waals surface area contributed by atoms with E-state index in [0.717, 1.165) is 18.1 Å². The molecule has 0 aliphatic heterocycles. The fourth-order valence-corrected chi connectivity index (χ4v) is 2.59. The molecule has 0 radical (unpaired) electrons. The number of nitrogens with zero attached hydrogens (tertiary/aromatic N) is 1. The summed E-state index contributed by atoms with van der Waals surface area (Å²) in [5.74, 6) is 1.88. The molecule has 2 N–H and O–H groups in total. The number of rotatable bonds is 5. The van der Waals surface area contributed by atoms with Gasteiger partial charge in [-0.2, -0.15) is 11.3 Å². The van der Waals surface area contributed by atoms with Crippen LogP contribution >= 0.6 is 11.3 Å². The number of hydrogen-bond donors (Lipinski definition) is 1. The number of hydrogen-bond acceptors (Lipinski definition) is 4. The van der Waals surface area contributed by atoms with Crippen molar-refractivity contribution in [2.45, 2.75) is 19.5 Å². The molecular formula is C13H18N2OS. The number of thiophene rings is 1. The standard InChI is InChI=1S/C13H18N2OS/c1-10-3-4-13(16-10)12(7-14)15(2)8-11-5-6-17-9-11/h3-6,9,12H,7-8,14H2,1-2H3. The molecule has 2 heterocycles. The van der Waals surface area contributed by atoms with Crippen LogP contribution in [0, 0.1) is 6.92 Å². The highest BCUT2D eigenvalue weighted by Gasteiger charge is 2.18. The first-order valence-corrected chi connectivity index (χ1v) is 6.62. The molecule has 4 heteroatoms. The monoisotopic (exact) mass is 250 g/mol. The van der Waals surface area contributed by atoms with Crippen LogP contribution in [0.1, 0.15) is 23.1 Å². The van der Waals surface area contributed by atoms with Crippen molar-refractivity contribution in [1.82, 2.24) is 4.90 Å². The molecule has 92 valence electrons. The first-order valence-electron chi connectivity index (χ1n) is 5.68. The summed E-state index contributed by atoms with van der Waals surface area (Å²) in [6, 6.07) is 6.28. The SMILES string of the molecule is Cc1ccc(C(CN)N(C)Cc2ccsc2)o1. The van der Waals surface area contributed by atoms with Gasteiger partial charge in [0.15, 0.2) is 0 Å². The second kappa shape index (κ2) is 5.49. The Balaban J connectivity index is 2.07. The van der Waals surface area contributed by atoms with Crippen molar-refractivity contribution >= 4 is 11.3 Å². The van der Waals surface area contributed by atoms with Gasteiger partial charge < -0.3 is 10.2 Å². The fraction of sp³-hybridized carbons (Fsp3) is 0.385. The Bertz CT molecular complexity index is 450. The highest BCUT2D eigenvalue weighted by atomic mass is 32.1. The number of likely N-dealkylation sites (N-methyl/N-ethyl adjacent to an activating group) is 1. The molecule has 2 rings (SSSR count). The van der Waals surface area contributed by atoms with E-state index in [9.17, 15) is 0 Å². The average molecular weight is 250 g/mol. The second-order valence-corrected chi connectivity index (χ2v) is 5.03. The van der Waals surface area contributed by atoms with Crippen LogP contribution in [-0.4, -0.2) is 18.5 Å². The van der Waals surface area contributed by atoms with E-state index >= 15 is 0 Å². The van der Waals surface area contributed by atoms with Crippen LogP contribution in [0.2, 0.25) is 0 Å². The van der Waals surface area contributed by atoms with Crippen molar-refractivity contribution in [2.75, 3.05) is 13.6 Å². The summed E-state index contributed by atoms with van der Waals surface area (Å²) < 4.78 is 5.66. The van der Waals surface area contributed by atoms with Crippen LogP contribution in [0.25, 0.3) is 0 Å². The summed E-state index contributed by atoms with van der Waals surface area (Å²) >= 11 is 1.72. The summed E-state index contributed by atoms with van der Waals surface area (Å²) in [5, 5.41) is 4.26. The molecule has 1 unspecified atom stereocenters. The van der Waals surface area contributed by atoms with Gasteiger partial charge >= 0.3 is 0 Å². The van der Waals surface area contributed by atoms with Crippen molar-refractivity contribution in [1.29, 1.82) is 0 Å². The van der Waals surface area contributed by atoms with Gasteiger partial charge in [-0.1, -0.05) is 0 Å². The first-order chi connectivity index (χ1) is 8.20. The Morgan fingerprint density at radius 3 is 2.76 bits per heavy atom. The summed E-state index contributed by atoms with van der Waals surface area (Å²) in [5.41, 5.74) is 7.16. The fourth-order valence-electron chi connectivity index (χ4n) is 1.93. The summed E-state index contributed by atoms with van der Waals surface area (Å²) in [7, 11) is 2.08. The Kier molecular flexibility index (Phi) is 3.99. The Labute approximate surface area is 106 Å². The van der Waals surface area contributed by atoms with Crippen molar-refractivity contribution < 1.29 is 4.42 Å². The lowest BCUT2D eigenvalue weighted by Gasteiger charge is -2.24. The average Bonchev–Trinajstić information content (AvgIpc) is 2.91. The zero-order valence-electron chi connectivity index (χ0n) is 10.2. The van der Waals surface area contributed by atoms with Gasteiger partial charge in [-0.05, 0) is 48.5 Å².